The number of anilines is 1. The molecule has 0 spiro atoms. The van der Waals surface area contributed by atoms with E-state index in [1.807, 2.05) is 43.3 Å². The molecule has 0 saturated heterocycles. The molecule has 124 valence electrons. The zero-order chi connectivity index (χ0) is 16.9. The Morgan fingerprint density at radius 3 is 2.75 bits per heavy atom. The van der Waals surface area contributed by atoms with Crippen LogP contribution >= 0.6 is 0 Å². The maximum absolute atomic E-state index is 11.8. The summed E-state index contributed by atoms with van der Waals surface area (Å²) < 4.78 is 10.9. The fourth-order valence-corrected chi connectivity index (χ4v) is 2.59. The first-order valence-corrected chi connectivity index (χ1v) is 7.86. The number of aromatic amines is 1. The van der Waals surface area contributed by atoms with Crippen LogP contribution in [0.25, 0.3) is 10.9 Å². The third-order valence-corrected chi connectivity index (χ3v) is 3.78. The zero-order valence-corrected chi connectivity index (χ0v) is 13.8. The molecule has 0 amide bonds. The molecule has 3 aromatic rings. The summed E-state index contributed by atoms with van der Waals surface area (Å²) in [6, 6.07) is 13.1. The third-order valence-electron chi connectivity index (χ3n) is 3.78. The molecule has 3 rings (SSSR count). The second kappa shape index (κ2) is 7.08. The summed E-state index contributed by atoms with van der Waals surface area (Å²) in [5, 5.41) is 4.05. The van der Waals surface area contributed by atoms with Gasteiger partial charge in [0.25, 0.3) is 0 Å². The molecule has 5 nitrogen and oxygen atoms in total. The summed E-state index contributed by atoms with van der Waals surface area (Å²) in [7, 11) is 1.63. The predicted molar refractivity (Wildman–Crippen MR) is 96.1 cm³/mol. The van der Waals surface area contributed by atoms with Crippen LogP contribution in [-0.2, 0) is 6.54 Å². The van der Waals surface area contributed by atoms with E-state index in [1.165, 1.54) is 6.07 Å². The Bertz CT molecular complexity index is 902. The molecule has 0 aliphatic heterocycles. The van der Waals surface area contributed by atoms with Gasteiger partial charge in [-0.1, -0.05) is 6.07 Å². The quantitative estimate of drug-likeness (QED) is 0.728. The number of rotatable bonds is 6. The second-order valence-electron chi connectivity index (χ2n) is 5.37. The van der Waals surface area contributed by atoms with Gasteiger partial charge in [0.15, 0.2) is 16.9 Å². The minimum atomic E-state index is 0.0202. The van der Waals surface area contributed by atoms with Gasteiger partial charge in [0.2, 0.25) is 0 Å². The summed E-state index contributed by atoms with van der Waals surface area (Å²) in [5.74, 6) is 1.46. The Morgan fingerprint density at radius 2 is 1.96 bits per heavy atom. The Hall–Kier alpha value is -2.95. The van der Waals surface area contributed by atoms with Crippen LogP contribution in [0.4, 0.5) is 5.69 Å². The van der Waals surface area contributed by atoms with Crippen LogP contribution in [0.5, 0.6) is 11.5 Å². The number of fused-ring (bicyclic) bond motifs is 1. The van der Waals surface area contributed by atoms with Crippen molar-refractivity contribution in [1.29, 1.82) is 0 Å². The Kier molecular flexibility index (Phi) is 4.70. The molecule has 0 aliphatic rings. The van der Waals surface area contributed by atoms with E-state index in [4.69, 9.17) is 9.47 Å². The van der Waals surface area contributed by atoms with E-state index in [0.29, 0.717) is 18.5 Å². The van der Waals surface area contributed by atoms with Gasteiger partial charge in [-0.25, -0.2) is 0 Å². The van der Waals surface area contributed by atoms with Crippen molar-refractivity contribution < 1.29 is 9.47 Å². The molecule has 0 atom stereocenters. The Labute approximate surface area is 140 Å². The number of benzene rings is 2. The second-order valence-corrected chi connectivity index (χ2v) is 5.37. The molecule has 24 heavy (non-hydrogen) atoms. The number of H-pyrrole nitrogens is 1. The van der Waals surface area contributed by atoms with Gasteiger partial charge in [0.1, 0.15) is 0 Å². The number of nitrogens with one attached hydrogen (secondary N) is 2. The molecule has 0 bridgehead atoms. The van der Waals surface area contributed by atoms with E-state index in [2.05, 4.69) is 10.3 Å². The molecule has 0 radical (unpaired) electrons. The van der Waals surface area contributed by atoms with Gasteiger partial charge in [-0.05, 0) is 42.8 Å². The lowest BCUT2D eigenvalue weighted by molar-refractivity contribution is 0.310. The predicted octanol–water partition coefficient (Wildman–Crippen LogP) is 3.55. The number of aromatic nitrogens is 1. The fourth-order valence-electron chi connectivity index (χ4n) is 2.59. The average Bonchev–Trinajstić information content (AvgIpc) is 2.60. The SMILES string of the molecule is CCOc1cc(CNc2ccc3c(=O)cc[nH]c3c2)ccc1OC. The third kappa shape index (κ3) is 3.35. The van der Waals surface area contributed by atoms with Gasteiger partial charge < -0.3 is 19.8 Å². The molecular weight excluding hydrogens is 304 g/mol. The number of ether oxygens (including phenoxy) is 2. The molecule has 2 N–H and O–H groups in total. The van der Waals surface area contributed by atoms with Crippen LogP contribution in [-0.4, -0.2) is 18.7 Å². The van der Waals surface area contributed by atoms with Crippen LogP contribution in [0.15, 0.2) is 53.5 Å². The standard InChI is InChI=1S/C19H20N2O3/c1-3-24-19-10-13(4-7-18(19)23-2)12-21-14-5-6-15-16(11-14)20-9-8-17(15)22/h4-11,21H,3,12H2,1-2H3,(H,20,22). The van der Waals surface area contributed by atoms with Crippen LogP contribution in [0.2, 0.25) is 0 Å². The van der Waals surface area contributed by atoms with Crippen molar-refractivity contribution in [2.24, 2.45) is 0 Å². The molecule has 1 heterocycles. The van der Waals surface area contributed by atoms with Gasteiger partial charge in [0.05, 0.1) is 19.2 Å². The van der Waals surface area contributed by atoms with E-state index < -0.39 is 0 Å². The number of hydrogen-bond donors (Lipinski definition) is 2. The van der Waals surface area contributed by atoms with Crippen molar-refractivity contribution in [2.75, 3.05) is 19.0 Å². The Balaban J connectivity index is 1.78. The fraction of sp³-hybridized carbons (Fsp3) is 0.211. The highest BCUT2D eigenvalue weighted by Crippen LogP contribution is 2.28. The van der Waals surface area contributed by atoms with E-state index in [0.717, 1.165) is 28.3 Å². The summed E-state index contributed by atoms with van der Waals surface area (Å²) in [4.78, 5) is 14.9. The van der Waals surface area contributed by atoms with Crippen molar-refractivity contribution in [1.82, 2.24) is 4.98 Å². The van der Waals surface area contributed by atoms with Crippen molar-refractivity contribution in [3.05, 3.63) is 64.4 Å². The molecule has 0 unspecified atom stereocenters. The van der Waals surface area contributed by atoms with Gasteiger partial charge in [-0.2, -0.15) is 0 Å². The van der Waals surface area contributed by atoms with Crippen molar-refractivity contribution in [2.45, 2.75) is 13.5 Å². The lowest BCUT2D eigenvalue weighted by Crippen LogP contribution is -2.03. The normalized spacial score (nSPS) is 10.6. The summed E-state index contributed by atoms with van der Waals surface area (Å²) in [6.07, 6.45) is 1.66. The minimum Gasteiger partial charge on any atom is -0.493 e. The maximum atomic E-state index is 11.8. The van der Waals surface area contributed by atoms with Crippen molar-refractivity contribution >= 4 is 16.6 Å². The lowest BCUT2D eigenvalue weighted by atomic mass is 10.1. The van der Waals surface area contributed by atoms with Gasteiger partial charge >= 0.3 is 0 Å². The minimum absolute atomic E-state index is 0.0202. The average molecular weight is 324 g/mol. The first-order valence-electron chi connectivity index (χ1n) is 7.86. The number of pyridine rings is 1. The molecule has 0 fully saturated rings. The summed E-state index contributed by atoms with van der Waals surface area (Å²) in [6.45, 7) is 3.18. The molecule has 5 heteroatoms. The van der Waals surface area contributed by atoms with E-state index >= 15 is 0 Å². The van der Waals surface area contributed by atoms with Gasteiger partial charge in [-0.15, -0.1) is 0 Å². The largest absolute Gasteiger partial charge is 0.493 e. The smallest absolute Gasteiger partial charge is 0.189 e. The first-order chi connectivity index (χ1) is 11.7. The Morgan fingerprint density at radius 1 is 1.08 bits per heavy atom. The van der Waals surface area contributed by atoms with E-state index in [-0.39, 0.29) is 5.43 Å². The highest BCUT2D eigenvalue weighted by molar-refractivity contribution is 5.81. The van der Waals surface area contributed by atoms with Crippen LogP contribution in [0, 0.1) is 0 Å². The summed E-state index contributed by atoms with van der Waals surface area (Å²) in [5.41, 5.74) is 2.86. The summed E-state index contributed by atoms with van der Waals surface area (Å²) >= 11 is 0. The first kappa shape index (κ1) is 15.9. The molecule has 1 aromatic heterocycles. The van der Waals surface area contributed by atoms with E-state index in [9.17, 15) is 4.79 Å². The maximum Gasteiger partial charge on any atom is 0.189 e. The highest BCUT2D eigenvalue weighted by Gasteiger charge is 2.06. The monoisotopic (exact) mass is 324 g/mol. The molecule has 2 aromatic carbocycles. The van der Waals surface area contributed by atoms with E-state index in [1.54, 1.807) is 13.3 Å². The lowest BCUT2D eigenvalue weighted by Gasteiger charge is -2.12. The van der Waals surface area contributed by atoms with Gasteiger partial charge in [0, 0.05) is 29.9 Å². The van der Waals surface area contributed by atoms with Crippen molar-refractivity contribution in [3.63, 3.8) is 0 Å². The van der Waals surface area contributed by atoms with Crippen LogP contribution < -0.4 is 20.2 Å². The molecular formula is C19H20N2O3. The molecule has 0 aliphatic carbocycles. The number of hydrogen-bond acceptors (Lipinski definition) is 4. The van der Waals surface area contributed by atoms with Crippen LogP contribution in [0.1, 0.15) is 12.5 Å². The molecule has 0 saturated carbocycles. The number of methoxy groups -OCH3 is 1. The van der Waals surface area contributed by atoms with Gasteiger partial charge in [-0.3, -0.25) is 4.79 Å². The highest BCUT2D eigenvalue weighted by atomic mass is 16.5. The topological polar surface area (TPSA) is 63.3 Å². The van der Waals surface area contributed by atoms with Crippen molar-refractivity contribution in [3.8, 4) is 11.5 Å². The van der Waals surface area contributed by atoms with Crippen LogP contribution in [0.3, 0.4) is 0 Å². The zero-order valence-electron chi connectivity index (χ0n) is 13.8.